The number of hydrogen-bond donors (Lipinski definition) is 1. The summed E-state index contributed by atoms with van der Waals surface area (Å²) in [5.41, 5.74) is 1.57. The Morgan fingerprint density at radius 3 is 2.65 bits per heavy atom. The number of aryl methyl sites for hydroxylation is 2. The molecule has 0 aliphatic rings. The number of carbonyl (C=O) groups is 1. The Labute approximate surface area is 160 Å². The molecule has 1 amide bonds. The molecule has 2 aromatic heterocycles. The summed E-state index contributed by atoms with van der Waals surface area (Å²) >= 11 is 11.9. The Balaban J connectivity index is 2.07. The average molecular weight is 390 g/mol. The van der Waals surface area contributed by atoms with E-state index in [1.165, 1.54) is 0 Å². The molecule has 3 aromatic rings. The van der Waals surface area contributed by atoms with Crippen molar-refractivity contribution < 1.29 is 4.79 Å². The Bertz CT molecular complexity index is 1060. The smallest absolute Gasteiger partial charge is 0.261 e. The van der Waals surface area contributed by atoms with E-state index in [0.717, 1.165) is 12.1 Å². The van der Waals surface area contributed by atoms with Gasteiger partial charge in [-0.15, -0.1) is 0 Å². The van der Waals surface area contributed by atoms with Gasteiger partial charge in [0.05, 0.1) is 15.4 Å². The Morgan fingerprint density at radius 1 is 1.19 bits per heavy atom. The second-order valence-corrected chi connectivity index (χ2v) is 6.79. The zero-order valence-corrected chi connectivity index (χ0v) is 15.9. The minimum absolute atomic E-state index is 0.0580. The van der Waals surface area contributed by atoms with Crippen LogP contribution in [0.2, 0.25) is 10.0 Å². The summed E-state index contributed by atoms with van der Waals surface area (Å²) in [6.07, 6.45) is 2.41. The van der Waals surface area contributed by atoms with Crippen molar-refractivity contribution in [2.45, 2.75) is 26.8 Å². The van der Waals surface area contributed by atoms with Gasteiger partial charge in [-0.25, -0.2) is 4.98 Å². The standard InChI is InChI=1S/C19H17Cl2N3O2/c1-3-8-24-10-14(17(25)13-6-4-11(2)22-18(13)24)19(26)23-12-5-7-15(20)16(21)9-12/h4-7,9-10H,3,8H2,1-2H3,(H,23,26). The van der Waals surface area contributed by atoms with Gasteiger partial charge in [-0.05, 0) is 43.7 Å². The summed E-state index contributed by atoms with van der Waals surface area (Å²) in [5.74, 6) is -0.499. The summed E-state index contributed by atoms with van der Waals surface area (Å²) in [5, 5.41) is 3.83. The van der Waals surface area contributed by atoms with Crippen molar-refractivity contribution in [2.24, 2.45) is 0 Å². The summed E-state index contributed by atoms with van der Waals surface area (Å²) < 4.78 is 1.84. The highest BCUT2D eigenvalue weighted by Crippen LogP contribution is 2.25. The maximum Gasteiger partial charge on any atom is 0.261 e. The van der Waals surface area contributed by atoms with Gasteiger partial charge in [0, 0.05) is 24.1 Å². The second-order valence-electron chi connectivity index (χ2n) is 5.97. The number of aromatic nitrogens is 2. The quantitative estimate of drug-likeness (QED) is 0.704. The lowest BCUT2D eigenvalue weighted by atomic mass is 10.1. The number of rotatable bonds is 4. The third kappa shape index (κ3) is 3.59. The second kappa shape index (κ2) is 7.48. The summed E-state index contributed by atoms with van der Waals surface area (Å²) in [7, 11) is 0. The fraction of sp³-hybridized carbons (Fsp3) is 0.211. The molecule has 0 unspecified atom stereocenters. The number of nitrogens with zero attached hydrogens (tertiary/aromatic N) is 2. The first-order valence-electron chi connectivity index (χ1n) is 8.18. The van der Waals surface area contributed by atoms with Gasteiger partial charge in [-0.2, -0.15) is 0 Å². The van der Waals surface area contributed by atoms with E-state index < -0.39 is 5.91 Å². The van der Waals surface area contributed by atoms with Crippen LogP contribution in [0.1, 0.15) is 29.4 Å². The number of amides is 1. The van der Waals surface area contributed by atoms with Gasteiger partial charge in [-0.1, -0.05) is 30.1 Å². The van der Waals surface area contributed by atoms with Crippen LogP contribution in [0.15, 0.2) is 41.3 Å². The minimum atomic E-state index is -0.499. The maximum atomic E-state index is 12.8. The Morgan fingerprint density at radius 2 is 1.96 bits per heavy atom. The zero-order chi connectivity index (χ0) is 18.8. The van der Waals surface area contributed by atoms with Gasteiger partial charge < -0.3 is 9.88 Å². The van der Waals surface area contributed by atoms with Gasteiger partial charge in [0.2, 0.25) is 5.43 Å². The normalized spacial score (nSPS) is 10.9. The highest BCUT2D eigenvalue weighted by Gasteiger charge is 2.17. The first-order valence-corrected chi connectivity index (χ1v) is 8.93. The molecule has 0 aliphatic heterocycles. The monoisotopic (exact) mass is 389 g/mol. The van der Waals surface area contributed by atoms with Crippen LogP contribution in [-0.4, -0.2) is 15.5 Å². The number of fused-ring (bicyclic) bond motifs is 1. The molecule has 0 aliphatic carbocycles. The molecule has 3 rings (SSSR count). The lowest BCUT2D eigenvalue weighted by molar-refractivity contribution is 0.102. The Kier molecular flexibility index (Phi) is 5.30. The SMILES string of the molecule is CCCn1cc(C(=O)Nc2ccc(Cl)c(Cl)c2)c(=O)c2ccc(C)nc21. The molecule has 7 heteroatoms. The van der Waals surface area contributed by atoms with E-state index in [1.807, 2.05) is 18.4 Å². The highest BCUT2D eigenvalue weighted by molar-refractivity contribution is 6.42. The first kappa shape index (κ1) is 18.4. The van der Waals surface area contributed by atoms with E-state index in [1.54, 1.807) is 36.5 Å². The maximum absolute atomic E-state index is 12.8. The molecular formula is C19H17Cl2N3O2. The largest absolute Gasteiger partial charge is 0.331 e. The van der Waals surface area contributed by atoms with Crippen molar-refractivity contribution in [1.29, 1.82) is 0 Å². The fourth-order valence-electron chi connectivity index (χ4n) is 2.71. The number of anilines is 1. The van der Waals surface area contributed by atoms with Crippen LogP contribution in [0.25, 0.3) is 11.0 Å². The lowest BCUT2D eigenvalue weighted by Gasteiger charge is -2.13. The predicted octanol–water partition coefficient (Wildman–Crippen LogP) is 4.67. The molecule has 2 heterocycles. The molecule has 26 heavy (non-hydrogen) atoms. The summed E-state index contributed by atoms with van der Waals surface area (Å²) in [6, 6.07) is 8.23. The molecular weight excluding hydrogens is 373 g/mol. The van der Waals surface area contributed by atoms with Gasteiger partial charge >= 0.3 is 0 Å². The molecule has 0 atom stereocenters. The lowest BCUT2D eigenvalue weighted by Crippen LogP contribution is -2.24. The number of hydrogen-bond acceptors (Lipinski definition) is 3. The minimum Gasteiger partial charge on any atom is -0.331 e. The van der Waals surface area contributed by atoms with Crippen LogP contribution in [0.5, 0.6) is 0 Å². The molecule has 0 bridgehead atoms. The summed E-state index contributed by atoms with van der Waals surface area (Å²) in [6.45, 7) is 4.54. The number of carbonyl (C=O) groups excluding carboxylic acids is 1. The third-order valence-electron chi connectivity index (χ3n) is 3.95. The highest BCUT2D eigenvalue weighted by atomic mass is 35.5. The van der Waals surface area contributed by atoms with Crippen LogP contribution >= 0.6 is 23.2 Å². The predicted molar refractivity (Wildman–Crippen MR) is 105 cm³/mol. The number of halogens is 2. The number of nitrogens with one attached hydrogen (secondary N) is 1. The van der Waals surface area contributed by atoms with Crippen molar-refractivity contribution in [2.75, 3.05) is 5.32 Å². The van der Waals surface area contributed by atoms with E-state index in [0.29, 0.717) is 33.3 Å². The van der Waals surface area contributed by atoms with Gasteiger partial charge in [0.25, 0.3) is 5.91 Å². The fourth-order valence-corrected chi connectivity index (χ4v) is 3.00. The average Bonchev–Trinajstić information content (AvgIpc) is 2.60. The van der Waals surface area contributed by atoms with E-state index in [4.69, 9.17) is 23.2 Å². The van der Waals surface area contributed by atoms with E-state index >= 15 is 0 Å². The molecule has 1 aromatic carbocycles. The van der Waals surface area contributed by atoms with Crippen LogP contribution in [-0.2, 0) is 6.54 Å². The van der Waals surface area contributed by atoms with Crippen LogP contribution in [0, 0.1) is 6.92 Å². The number of benzene rings is 1. The first-order chi connectivity index (χ1) is 12.4. The van der Waals surface area contributed by atoms with E-state index in [-0.39, 0.29) is 11.0 Å². The summed E-state index contributed by atoms with van der Waals surface area (Å²) in [4.78, 5) is 29.9. The van der Waals surface area contributed by atoms with Gasteiger partial charge in [0.15, 0.2) is 0 Å². The van der Waals surface area contributed by atoms with Crippen LogP contribution < -0.4 is 10.7 Å². The Hall–Kier alpha value is -2.37. The van der Waals surface area contributed by atoms with Crippen LogP contribution in [0.4, 0.5) is 5.69 Å². The van der Waals surface area contributed by atoms with Crippen LogP contribution in [0.3, 0.4) is 0 Å². The van der Waals surface area contributed by atoms with Crippen molar-refractivity contribution in [1.82, 2.24) is 9.55 Å². The molecule has 0 saturated carbocycles. The van der Waals surface area contributed by atoms with E-state index in [2.05, 4.69) is 10.3 Å². The molecule has 0 spiro atoms. The number of pyridine rings is 2. The molecule has 0 radical (unpaired) electrons. The van der Waals surface area contributed by atoms with Crippen molar-refractivity contribution in [3.05, 3.63) is 68.1 Å². The zero-order valence-electron chi connectivity index (χ0n) is 14.3. The van der Waals surface area contributed by atoms with Gasteiger partial charge in [-0.3, -0.25) is 9.59 Å². The third-order valence-corrected chi connectivity index (χ3v) is 4.69. The molecule has 0 fully saturated rings. The van der Waals surface area contributed by atoms with Gasteiger partial charge in [0.1, 0.15) is 11.2 Å². The molecule has 5 nitrogen and oxygen atoms in total. The van der Waals surface area contributed by atoms with Crippen molar-refractivity contribution >= 4 is 45.8 Å². The van der Waals surface area contributed by atoms with E-state index in [9.17, 15) is 9.59 Å². The molecule has 134 valence electrons. The van der Waals surface area contributed by atoms with Crippen molar-refractivity contribution in [3.8, 4) is 0 Å². The molecule has 1 N–H and O–H groups in total. The molecule has 0 saturated heterocycles. The van der Waals surface area contributed by atoms with Crippen molar-refractivity contribution in [3.63, 3.8) is 0 Å². The topological polar surface area (TPSA) is 64.0 Å².